The maximum absolute atomic E-state index is 12.5. The van der Waals surface area contributed by atoms with Crippen molar-refractivity contribution in [2.24, 2.45) is 0 Å². The van der Waals surface area contributed by atoms with Crippen LogP contribution in [0.4, 0.5) is 5.69 Å². The predicted octanol–water partition coefficient (Wildman–Crippen LogP) is 2.26. The summed E-state index contributed by atoms with van der Waals surface area (Å²) >= 11 is 1.27. The number of amides is 1. The van der Waals surface area contributed by atoms with E-state index in [2.05, 4.69) is 10.2 Å². The van der Waals surface area contributed by atoms with E-state index in [0.717, 1.165) is 31.7 Å². The monoisotopic (exact) mass is 393 g/mol. The average molecular weight is 394 g/mol. The van der Waals surface area contributed by atoms with Crippen LogP contribution in [0.5, 0.6) is 0 Å². The first-order valence-electron chi connectivity index (χ1n) is 8.58. The van der Waals surface area contributed by atoms with Crippen LogP contribution in [0.2, 0.25) is 0 Å². The van der Waals surface area contributed by atoms with Crippen LogP contribution in [0.3, 0.4) is 0 Å². The summed E-state index contributed by atoms with van der Waals surface area (Å²) in [6.45, 7) is 4.94. The number of carbonyl (C=O) groups is 1. The van der Waals surface area contributed by atoms with E-state index in [0.29, 0.717) is 17.3 Å². The summed E-state index contributed by atoms with van der Waals surface area (Å²) in [7, 11) is -3.33. The van der Waals surface area contributed by atoms with Crippen molar-refractivity contribution in [3.8, 4) is 0 Å². The highest BCUT2D eigenvalue weighted by Gasteiger charge is 2.28. The summed E-state index contributed by atoms with van der Waals surface area (Å²) in [6.07, 6.45) is 0.901. The first kappa shape index (κ1) is 19.0. The Morgan fingerprint density at radius 2 is 1.81 bits per heavy atom. The van der Waals surface area contributed by atoms with Gasteiger partial charge in [0.2, 0.25) is 5.91 Å². The third kappa shape index (κ3) is 4.70. The minimum atomic E-state index is -3.33. The fraction of sp³-hybridized carbons (Fsp3) is 0.389. The molecule has 0 aliphatic carbocycles. The minimum absolute atomic E-state index is 0.0758. The summed E-state index contributed by atoms with van der Waals surface area (Å²) in [5.41, 5.74) is 2.00. The lowest BCUT2D eigenvalue weighted by Gasteiger charge is -2.33. The molecule has 8 heteroatoms. The van der Waals surface area contributed by atoms with E-state index >= 15 is 0 Å². The van der Waals surface area contributed by atoms with Gasteiger partial charge in [-0.3, -0.25) is 4.79 Å². The van der Waals surface area contributed by atoms with E-state index < -0.39 is 10.0 Å². The van der Waals surface area contributed by atoms with Gasteiger partial charge in [-0.25, -0.2) is 8.42 Å². The zero-order valence-electron chi connectivity index (χ0n) is 14.7. The lowest BCUT2D eigenvalue weighted by Crippen LogP contribution is -2.48. The Morgan fingerprint density at radius 3 is 2.38 bits per heavy atom. The topological polar surface area (TPSA) is 69.7 Å². The van der Waals surface area contributed by atoms with Crippen molar-refractivity contribution in [1.82, 2.24) is 9.21 Å². The number of benzene rings is 1. The Bertz CT molecular complexity index is 825. The molecule has 140 valence electrons. The van der Waals surface area contributed by atoms with Gasteiger partial charge in [0.15, 0.2) is 0 Å². The van der Waals surface area contributed by atoms with Gasteiger partial charge in [0.1, 0.15) is 4.21 Å². The number of nitrogens with zero attached hydrogens (tertiary/aromatic N) is 2. The van der Waals surface area contributed by atoms with E-state index in [-0.39, 0.29) is 5.91 Å². The maximum Gasteiger partial charge on any atom is 0.252 e. The largest absolute Gasteiger partial charge is 0.326 e. The van der Waals surface area contributed by atoms with E-state index in [1.165, 1.54) is 23.8 Å². The zero-order valence-corrected chi connectivity index (χ0v) is 16.4. The molecule has 0 unspecified atom stereocenters. The van der Waals surface area contributed by atoms with E-state index in [9.17, 15) is 13.2 Å². The molecule has 1 aliphatic rings. The molecule has 2 heterocycles. The molecule has 1 N–H and O–H groups in total. The Morgan fingerprint density at radius 1 is 1.12 bits per heavy atom. The van der Waals surface area contributed by atoms with Gasteiger partial charge in [-0.15, -0.1) is 11.3 Å². The smallest absolute Gasteiger partial charge is 0.252 e. The van der Waals surface area contributed by atoms with Crippen molar-refractivity contribution in [3.63, 3.8) is 0 Å². The number of rotatable bonds is 6. The van der Waals surface area contributed by atoms with Gasteiger partial charge in [0.25, 0.3) is 10.0 Å². The Labute approximate surface area is 158 Å². The highest BCUT2D eigenvalue weighted by atomic mass is 32.2. The molecule has 3 rings (SSSR count). The SMILES string of the molecule is CC(=O)Nc1ccc(CCN2CCN(S(=O)(=O)c3cccs3)CC2)cc1. The molecule has 0 spiro atoms. The minimum Gasteiger partial charge on any atom is -0.326 e. The number of hydrogen-bond acceptors (Lipinski definition) is 5. The van der Waals surface area contributed by atoms with Crippen molar-refractivity contribution in [1.29, 1.82) is 0 Å². The molecule has 0 atom stereocenters. The second-order valence-corrected chi connectivity index (χ2v) is 9.42. The Hall–Kier alpha value is -1.74. The summed E-state index contributed by atoms with van der Waals surface area (Å²) in [6, 6.07) is 11.3. The number of sulfonamides is 1. The van der Waals surface area contributed by atoms with Crippen molar-refractivity contribution < 1.29 is 13.2 Å². The molecule has 1 amide bonds. The Kier molecular flexibility index (Phi) is 6.08. The van der Waals surface area contributed by atoms with Gasteiger partial charge >= 0.3 is 0 Å². The fourth-order valence-electron chi connectivity index (χ4n) is 2.98. The molecule has 6 nitrogen and oxygen atoms in total. The third-order valence-electron chi connectivity index (χ3n) is 4.41. The molecule has 0 bridgehead atoms. The van der Waals surface area contributed by atoms with Gasteiger partial charge in [-0.1, -0.05) is 18.2 Å². The predicted molar refractivity (Wildman–Crippen MR) is 104 cm³/mol. The van der Waals surface area contributed by atoms with Crippen LogP contribution in [0.1, 0.15) is 12.5 Å². The van der Waals surface area contributed by atoms with Crippen molar-refractivity contribution in [2.45, 2.75) is 17.6 Å². The van der Waals surface area contributed by atoms with Crippen LogP contribution in [0, 0.1) is 0 Å². The van der Waals surface area contributed by atoms with Crippen LogP contribution < -0.4 is 5.32 Å². The number of carbonyl (C=O) groups excluding carboxylic acids is 1. The molecule has 1 aromatic carbocycles. The second kappa shape index (κ2) is 8.30. The van der Waals surface area contributed by atoms with E-state index in [1.807, 2.05) is 24.3 Å². The van der Waals surface area contributed by atoms with Crippen LogP contribution >= 0.6 is 11.3 Å². The number of nitrogens with one attached hydrogen (secondary N) is 1. The molecule has 0 radical (unpaired) electrons. The van der Waals surface area contributed by atoms with Gasteiger partial charge < -0.3 is 10.2 Å². The summed E-state index contributed by atoms with van der Waals surface area (Å²) in [5.74, 6) is -0.0758. The lowest BCUT2D eigenvalue weighted by atomic mass is 10.1. The first-order valence-corrected chi connectivity index (χ1v) is 10.9. The Balaban J connectivity index is 1.48. The number of hydrogen-bond donors (Lipinski definition) is 1. The van der Waals surface area contributed by atoms with Crippen molar-refractivity contribution >= 4 is 33.0 Å². The third-order valence-corrected chi connectivity index (χ3v) is 7.68. The molecule has 26 heavy (non-hydrogen) atoms. The van der Waals surface area contributed by atoms with Crippen molar-refractivity contribution in [3.05, 3.63) is 47.3 Å². The molecule has 1 fully saturated rings. The van der Waals surface area contributed by atoms with Crippen LogP contribution in [0.25, 0.3) is 0 Å². The second-order valence-electron chi connectivity index (χ2n) is 6.31. The summed E-state index contributed by atoms with van der Waals surface area (Å²) < 4.78 is 27.1. The van der Waals surface area contributed by atoms with Crippen LogP contribution in [-0.2, 0) is 21.2 Å². The normalized spacial score (nSPS) is 16.5. The van der Waals surface area contributed by atoms with Gasteiger partial charge in [-0.05, 0) is 35.6 Å². The molecule has 1 aromatic heterocycles. The first-order chi connectivity index (χ1) is 12.4. The van der Waals surface area contributed by atoms with Gasteiger partial charge in [0.05, 0.1) is 0 Å². The lowest BCUT2D eigenvalue weighted by molar-refractivity contribution is -0.114. The number of anilines is 1. The maximum atomic E-state index is 12.5. The zero-order chi connectivity index (χ0) is 18.6. The molecule has 2 aromatic rings. The molecule has 1 saturated heterocycles. The fourth-order valence-corrected chi connectivity index (χ4v) is 5.54. The molecular formula is C18H23N3O3S2. The standard InChI is InChI=1S/C18H23N3O3S2/c1-15(22)19-17-6-4-16(5-7-17)8-9-20-10-12-21(13-11-20)26(23,24)18-3-2-14-25-18/h2-7,14H,8-13H2,1H3,(H,19,22). The summed E-state index contributed by atoms with van der Waals surface area (Å²) in [5, 5.41) is 4.55. The number of piperazine rings is 1. The van der Waals surface area contributed by atoms with Gasteiger partial charge in [0, 0.05) is 45.3 Å². The molecule has 1 aliphatic heterocycles. The highest BCUT2D eigenvalue weighted by Crippen LogP contribution is 2.22. The number of thiophene rings is 1. The van der Waals surface area contributed by atoms with E-state index in [4.69, 9.17) is 0 Å². The van der Waals surface area contributed by atoms with Crippen molar-refractivity contribution in [2.75, 3.05) is 38.0 Å². The van der Waals surface area contributed by atoms with Crippen LogP contribution in [-0.4, -0.2) is 56.3 Å². The van der Waals surface area contributed by atoms with E-state index in [1.54, 1.807) is 21.8 Å². The molecular weight excluding hydrogens is 370 g/mol. The van der Waals surface area contributed by atoms with Gasteiger partial charge in [-0.2, -0.15) is 4.31 Å². The van der Waals surface area contributed by atoms with Crippen LogP contribution in [0.15, 0.2) is 46.0 Å². The average Bonchev–Trinajstić information content (AvgIpc) is 3.17. The highest BCUT2D eigenvalue weighted by molar-refractivity contribution is 7.91. The summed E-state index contributed by atoms with van der Waals surface area (Å²) in [4.78, 5) is 13.3. The quantitative estimate of drug-likeness (QED) is 0.817. The molecule has 0 saturated carbocycles.